The van der Waals surface area contributed by atoms with Gasteiger partial charge in [-0.25, -0.2) is 0 Å². The monoisotopic (exact) mass is 276 g/mol. The molecule has 3 unspecified atom stereocenters. The zero-order valence-electron chi connectivity index (χ0n) is 11.8. The minimum atomic E-state index is 0.686. The van der Waals surface area contributed by atoms with Crippen molar-refractivity contribution in [2.75, 3.05) is 13.1 Å². The second-order valence-corrected chi connectivity index (χ2v) is 7.61. The van der Waals surface area contributed by atoms with Gasteiger partial charge in [-0.3, -0.25) is 4.90 Å². The molecular weight excluding hydrogens is 252 g/mol. The van der Waals surface area contributed by atoms with E-state index in [1.54, 1.807) is 10.4 Å². The van der Waals surface area contributed by atoms with Gasteiger partial charge in [-0.1, -0.05) is 0 Å². The normalized spacial score (nSPS) is 36.2. The molecule has 0 aromatic carbocycles. The van der Waals surface area contributed by atoms with Crippen molar-refractivity contribution in [1.82, 2.24) is 10.2 Å². The maximum Gasteiger partial charge on any atom is 0.0363 e. The summed E-state index contributed by atoms with van der Waals surface area (Å²) in [7, 11) is 0. The van der Waals surface area contributed by atoms with Crippen LogP contribution in [-0.2, 0) is 6.42 Å². The van der Waals surface area contributed by atoms with Crippen molar-refractivity contribution in [2.45, 2.75) is 57.2 Å². The van der Waals surface area contributed by atoms with Gasteiger partial charge in [0.2, 0.25) is 0 Å². The number of nitrogens with one attached hydrogen (secondary N) is 1. The lowest BCUT2D eigenvalue weighted by Gasteiger charge is -2.45. The molecule has 4 rings (SSSR count). The first-order valence-corrected chi connectivity index (χ1v) is 8.76. The Morgan fingerprint density at radius 1 is 1.32 bits per heavy atom. The highest BCUT2D eigenvalue weighted by atomic mass is 32.1. The van der Waals surface area contributed by atoms with E-state index >= 15 is 0 Å². The predicted octanol–water partition coefficient (Wildman–Crippen LogP) is 3.20. The Bertz CT molecular complexity index is 451. The van der Waals surface area contributed by atoms with Crippen molar-refractivity contribution in [1.29, 1.82) is 0 Å². The molecule has 0 radical (unpaired) electrons. The minimum Gasteiger partial charge on any atom is -0.311 e. The van der Waals surface area contributed by atoms with Gasteiger partial charge in [-0.2, -0.15) is 0 Å². The van der Waals surface area contributed by atoms with E-state index in [9.17, 15) is 0 Å². The Labute approximate surface area is 120 Å². The third kappa shape index (κ3) is 2.26. The van der Waals surface area contributed by atoms with Gasteiger partial charge in [0.25, 0.3) is 0 Å². The number of piperazine rings is 1. The van der Waals surface area contributed by atoms with Crippen LogP contribution in [0.3, 0.4) is 0 Å². The first-order chi connectivity index (χ1) is 9.33. The van der Waals surface area contributed by atoms with Crippen LogP contribution < -0.4 is 5.32 Å². The zero-order valence-corrected chi connectivity index (χ0v) is 12.6. The molecule has 3 aliphatic rings. The average Bonchev–Trinajstić information content (AvgIpc) is 3.16. The van der Waals surface area contributed by atoms with Gasteiger partial charge in [0.15, 0.2) is 0 Å². The third-order valence-corrected chi connectivity index (χ3v) is 6.26. The minimum absolute atomic E-state index is 0.686. The van der Waals surface area contributed by atoms with Crippen molar-refractivity contribution in [2.24, 2.45) is 5.92 Å². The molecule has 1 N–H and O–H groups in total. The summed E-state index contributed by atoms with van der Waals surface area (Å²) in [5, 5.41) is 6.08. The molecule has 3 heteroatoms. The Morgan fingerprint density at radius 2 is 2.21 bits per heavy atom. The molecule has 0 amide bonds. The number of aryl methyl sites for hydroxylation is 1. The van der Waals surface area contributed by atoms with Crippen molar-refractivity contribution < 1.29 is 0 Å². The van der Waals surface area contributed by atoms with Crippen molar-refractivity contribution in [3.63, 3.8) is 0 Å². The Balaban J connectivity index is 1.57. The molecule has 1 aromatic heterocycles. The number of nitrogens with zero attached hydrogens (tertiary/aromatic N) is 1. The molecule has 1 saturated carbocycles. The molecule has 1 aromatic rings. The van der Waals surface area contributed by atoms with Crippen LogP contribution in [0.25, 0.3) is 0 Å². The van der Waals surface area contributed by atoms with E-state index in [4.69, 9.17) is 0 Å². The Kier molecular flexibility index (Phi) is 3.17. The number of fused-ring (bicyclic) bond motifs is 1. The van der Waals surface area contributed by atoms with Crippen LogP contribution in [0.15, 0.2) is 11.4 Å². The van der Waals surface area contributed by atoms with E-state index in [1.807, 2.05) is 11.3 Å². The predicted molar refractivity (Wildman–Crippen MR) is 80.7 cm³/mol. The number of hydrogen-bond donors (Lipinski definition) is 1. The van der Waals surface area contributed by atoms with Crippen molar-refractivity contribution >= 4 is 11.3 Å². The summed E-state index contributed by atoms with van der Waals surface area (Å²) in [6.07, 6.45) is 6.97. The van der Waals surface area contributed by atoms with E-state index < -0.39 is 0 Å². The van der Waals surface area contributed by atoms with Crippen LogP contribution in [-0.4, -0.2) is 30.1 Å². The summed E-state index contributed by atoms with van der Waals surface area (Å²) >= 11 is 1.97. The molecule has 2 fully saturated rings. The number of hydrogen-bond acceptors (Lipinski definition) is 3. The quantitative estimate of drug-likeness (QED) is 0.892. The zero-order chi connectivity index (χ0) is 12.8. The third-order valence-electron chi connectivity index (χ3n) is 5.26. The highest BCUT2D eigenvalue weighted by molar-refractivity contribution is 7.10. The second-order valence-electron chi connectivity index (χ2n) is 6.61. The molecule has 0 bridgehead atoms. The van der Waals surface area contributed by atoms with E-state index in [2.05, 4.69) is 28.6 Å². The first-order valence-electron chi connectivity index (χ1n) is 7.88. The van der Waals surface area contributed by atoms with Gasteiger partial charge in [0.05, 0.1) is 0 Å². The average molecular weight is 276 g/mol. The van der Waals surface area contributed by atoms with Crippen molar-refractivity contribution in [3.8, 4) is 0 Å². The van der Waals surface area contributed by atoms with Gasteiger partial charge >= 0.3 is 0 Å². The summed E-state index contributed by atoms with van der Waals surface area (Å²) in [6, 6.07) is 4.55. The number of thiophene rings is 1. The fourth-order valence-corrected chi connectivity index (χ4v) is 4.95. The molecule has 2 aliphatic carbocycles. The second kappa shape index (κ2) is 4.87. The van der Waals surface area contributed by atoms with Crippen LogP contribution in [0.4, 0.5) is 0 Å². The largest absolute Gasteiger partial charge is 0.311 e. The van der Waals surface area contributed by atoms with E-state index in [0.717, 1.165) is 12.0 Å². The first kappa shape index (κ1) is 12.4. The van der Waals surface area contributed by atoms with Crippen molar-refractivity contribution in [3.05, 3.63) is 21.9 Å². The maximum atomic E-state index is 3.78. The Hall–Kier alpha value is -0.380. The van der Waals surface area contributed by atoms with Gasteiger partial charge in [0.1, 0.15) is 0 Å². The smallest absolute Gasteiger partial charge is 0.0363 e. The summed E-state index contributed by atoms with van der Waals surface area (Å²) < 4.78 is 0. The molecule has 19 heavy (non-hydrogen) atoms. The van der Waals surface area contributed by atoms with Crippen LogP contribution in [0.2, 0.25) is 0 Å². The molecule has 3 atom stereocenters. The van der Waals surface area contributed by atoms with Gasteiger partial charge in [0, 0.05) is 36.1 Å². The lowest BCUT2D eigenvalue weighted by Crippen LogP contribution is -2.57. The van der Waals surface area contributed by atoms with Crippen LogP contribution in [0.1, 0.15) is 49.1 Å². The van der Waals surface area contributed by atoms with Gasteiger partial charge in [-0.05, 0) is 62.0 Å². The highest BCUT2D eigenvalue weighted by Gasteiger charge is 2.39. The fraction of sp³-hybridized carbons (Fsp3) is 0.750. The molecule has 1 saturated heterocycles. The summed E-state index contributed by atoms with van der Waals surface area (Å²) in [6.45, 7) is 4.85. The molecule has 0 spiro atoms. The molecule has 1 aliphatic heterocycles. The summed E-state index contributed by atoms with van der Waals surface area (Å²) in [5.41, 5.74) is 1.65. The van der Waals surface area contributed by atoms with Crippen LogP contribution in [0, 0.1) is 5.92 Å². The van der Waals surface area contributed by atoms with E-state index in [-0.39, 0.29) is 0 Å². The molecular formula is C16H24N2S. The van der Waals surface area contributed by atoms with Crippen LogP contribution in [0.5, 0.6) is 0 Å². The molecule has 2 nitrogen and oxygen atoms in total. The molecule has 104 valence electrons. The van der Waals surface area contributed by atoms with Gasteiger partial charge < -0.3 is 5.32 Å². The lowest BCUT2D eigenvalue weighted by molar-refractivity contribution is 0.0758. The van der Waals surface area contributed by atoms with E-state index in [0.29, 0.717) is 12.1 Å². The molecule has 2 heterocycles. The fourth-order valence-electron chi connectivity index (χ4n) is 3.97. The topological polar surface area (TPSA) is 15.3 Å². The van der Waals surface area contributed by atoms with Crippen LogP contribution >= 0.6 is 11.3 Å². The SMILES string of the molecule is CC1CNC(C2CC2)CN1C1CCCc2sccc21. The van der Waals surface area contributed by atoms with Gasteiger partial charge in [-0.15, -0.1) is 11.3 Å². The van der Waals surface area contributed by atoms with E-state index in [1.165, 1.54) is 45.2 Å². The highest BCUT2D eigenvalue weighted by Crippen LogP contribution is 2.41. The summed E-state index contributed by atoms with van der Waals surface area (Å²) in [5.74, 6) is 0.973. The Morgan fingerprint density at radius 3 is 3.05 bits per heavy atom. The standard InChI is InChI=1S/C16H24N2S/c1-11-9-17-14(12-5-6-12)10-18(11)15-3-2-4-16-13(15)7-8-19-16/h7-8,11-12,14-15,17H,2-6,9-10H2,1H3. The maximum absolute atomic E-state index is 3.78. The number of rotatable bonds is 2. The lowest BCUT2D eigenvalue weighted by atomic mass is 9.90. The summed E-state index contributed by atoms with van der Waals surface area (Å²) in [4.78, 5) is 4.47.